The van der Waals surface area contributed by atoms with Crippen molar-refractivity contribution in [3.8, 4) is 11.6 Å². The van der Waals surface area contributed by atoms with Gasteiger partial charge in [0, 0.05) is 36.7 Å². The van der Waals surface area contributed by atoms with E-state index in [2.05, 4.69) is 4.98 Å². The van der Waals surface area contributed by atoms with Gasteiger partial charge in [0.15, 0.2) is 6.20 Å². The number of carboxylic acid groups (broad SMARTS) is 1. The lowest BCUT2D eigenvalue weighted by Crippen LogP contribution is -2.28. The normalized spacial score (nSPS) is 11.2. The number of rotatable bonds is 8. The molecule has 1 N–H and O–H groups in total. The maximum absolute atomic E-state index is 13.9. The lowest BCUT2D eigenvalue weighted by molar-refractivity contribution is -0.645. The van der Waals surface area contributed by atoms with E-state index in [1.807, 2.05) is 6.92 Å². The fourth-order valence-electron chi connectivity index (χ4n) is 3.69. The minimum absolute atomic E-state index is 0.0262. The van der Waals surface area contributed by atoms with Crippen LogP contribution in [-0.2, 0) is 11.9 Å². The minimum atomic E-state index is -4.83. The average Bonchev–Trinajstić information content (AvgIpc) is 2.92. The predicted octanol–water partition coefficient (Wildman–Crippen LogP) is 6.10. The lowest BCUT2D eigenvalue weighted by Gasteiger charge is -2.20. The van der Waals surface area contributed by atoms with Crippen LogP contribution in [0.15, 0.2) is 84.1 Å². The molecule has 2 heterocycles. The monoisotopic (exact) mass is 569 g/mol. The van der Waals surface area contributed by atoms with E-state index >= 15 is 0 Å². The Hall–Kier alpha value is -4.58. The molecule has 1 amide bonds. The first kappa shape index (κ1) is 28.4. The Bertz CT molecular complexity index is 1560. The number of aromatic nitrogens is 2. The van der Waals surface area contributed by atoms with Gasteiger partial charge in [0.2, 0.25) is 5.88 Å². The SMILES string of the molecule is Cc1ccc(C(=O)N(C)c2ccc(Oc3ncc(CSc4cccc[n+]4[O-])cc3C(F)(F)F)cc2C(=O)O)cc1. The minimum Gasteiger partial charge on any atom is -0.618 e. The van der Waals surface area contributed by atoms with Gasteiger partial charge in [0.1, 0.15) is 11.3 Å². The molecule has 0 saturated carbocycles. The number of halogens is 3. The van der Waals surface area contributed by atoms with Gasteiger partial charge in [-0.05, 0) is 55.0 Å². The molecule has 0 spiro atoms. The highest BCUT2D eigenvalue weighted by atomic mass is 32.2. The molecule has 0 fully saturated rings. The van der Waals surface area contributed by atoms with Crippen LogP contribution in [0.25, 0.3) is 0 Å². The first-order valence-electron chi connectivity index (χ1n) is 11.7. The zero-order valence-electron chi connectivity index (χ0n) is 21.2. The molecular weight excluding hydrogens is 547 g/mol. The summed E-state index contributed by atoms with van der Waals surface area (Å²) in [7, 11) is 1.40. The summed E-state index contributed by atoms with van der Waals surface area (Å²) < 4.78 is 47.7. The second kappa shape index (κ2) is 11.7. The van der Waals surface area contributed by atoms with E-state index in [-0.39, 0.29) is 28.3 Å². The number of aromatic carboxylic acids is 1. The fourth-order valence-corrected chi connectivity index (χ4v) is 4.53. The maximum Gasteiger partial charge on any atom is 0.421 e. The third-order valence-corrected chi connectivity index (χ3v) is 6.86. The van der Waals surface area contributed by atoms with Crippen LogP contribution in [0, 0.1) is 12.1 Å². The van der Waals surface area contributed by atoms with Crippen LogP contribution in [0.3, 0.4) is 0 Å². The zero-order chi connectivity index (χ0) is 29.0. The van der Waals surface area contributed by atoms with E-state index in [1.54, 1.807) is 36.4 Å². The van der Waals surface area contributed by atoms with E-state index in [4.69, 9.17) is 4.74 Å². The standard InChI is InChI=1S/C28H22F3N3O5S/c1-17-6-8-19(9-7-17)26(35)33(2)23-11-10-20(14-21(23)27(36)37)39-25-22(28(29,30)31)13-18(15-32-25)16-40-24-5-3-4-12-34(24)38/h3-15H,16H2,1-2H3,(H,36,37). The van der Waals surface area contributed by atoms with Crippen molar-refractivity contribution in [1.29, 1.82) is 0 Å². The van der Waals surface area contributed by atoms with Gasteiger partial charge >= 0.3 is 12.1 Å². The number of hydrogen-bond donors (Lipinski definition) is 1. The molecule has 0 atom stereocenters. The number of hydrogen-bond acceptors (Lipinski definition) is 6. The van der Waals surface area contributed by atoms with Crippen LogP contribution < -0.4 is 14.4 Å². The lowest BCUT2D eigenvalue weighted by atomic mass is 10.1. The first-order chi connectivity index (χ1) is 18.9. The highest BCUT2D eigenvalue weighted by Crippen LogP contribution is 2.39. The van der Waals surface area contributed by atoms with Crippen molar-refractivity contribution in [2.75, 3.05) is 11.9 Å². The van der Waals surface area contributed by atoms with Crippen LogP contribution >= 0.6 is 11.8 Å². The van der Waals surface area contributed by atoms with Gasteiger partial charge in [-0.25, -0.2) is 9.78 Å². The van der Waals surface area contributed by atoms with Gasteiger partial charge in [-0.2, -0.15) is 17.9 Å². The molecule has 2 aromatic carbocycles. The van der Waals surface area contributed by atoms with Crippen LogP contribution in [0.2, 0.25) is 0 Å². The predicted molar refractivity (Wildman–Crippen MR) is 142 cm³/mol. The summed E-state index contributed by atoms with van der Waals surface area (Å²) in [6, 6.07) is 15.9. The number of pyridine rings is 2. The number of ether oxygens (including phenoxy) is 1. The largest absolute Gasteiger partial charge is 0.618 e. The molecular formula is C28H22F3N3O5S. The van der Waals surface area contributed by atoms with Gasteiger partial charge in [-0.3, -0.25) is 4.79 Å². The van der Waals surface area contributed by atoms with Gasteiger partial charge in [-0.15, -0.1) is 0 Å². The Morgan fingerprint density at radius 3 is 2.48 bits per heavy atom. The topological polar surface area (TPSA) is 107 Å². The molecule has 0 bridgehead atoms. The van der Waals surface area contributed by atoms with E-state index in [0.29, 0.717) is 15.3 Å². The third kappa shape index (κ3) is 6.52. The molecule has 40 heavy (non-hydrogen) atoms. The summed E-state index contributed by atoms with van der Waals surface area (Å²) in [4.78, 5) is 29.9. The number of thioether (sulfide) groups is 1. The molecule has 0 unspecified atom stereocenters. The number of carboxylic acids is 1. The second-order valence-electron chi connectivity index (χ2n) is 8.66. The van der Waals surface area contributed by atoms with Crippen molar-refractivity contribution in [2.45, 2.75) is 23.9 Å². The molecule has 12 heteroatoms. The van der Waals surface area contributed by atoms with Crippen LogP contribution in [0.4, 0.5) is 18.9 Å². The molecule has 8 nitrogen and oxygen atoms in total. The van der Waals surface area contributed by atoms with Crippen LogP contribution in [0.1, 0.15) is 37.4 Å². The van der Waals surface area contributed by atoms with Crippen LogP contribution in [0.5, 0.6) is 11.6 Å². The second-order valence-corrected chi connectivity index (χ2v) is 9.66. The molecule has 0 saturated heterocycles. The van der Waals surface area contributed by atoms with E-state index in [9.17, 15) is 33.1 Å². The van der Waals surface area contributed by atoms with Crippen LogP contribution in [-0.4, -0.2) is 29.0 Å². The number of carbonyl (C=O) groups is 2. The van der Waals surface area contributed by atoms with E-state index < -0.39 is 29.5 Å². The summed E-state index contributed by atoms with van der Waals surface area (Å²) in [5, 5.41) is 21.9. The summed E-state index contributed by atoms with van der Waals surface area (Å²) in [6.07, 6.45) is -2.36. The summed E-state index contributed by atoms with van der Waals surface area (Å²) in [6.45, 7) is 1.86. The molecule has 0 aliphatic rings. The Labute approximate surface area is 231 Å². The zero-order valence-corrected chi connectivity index (χ0v) is 22.0. The molecule has 0 aliphatic carbocycles. The Morgan fingerprint density at radius 1 is 1.10 bits per heavy atom. The van der Waals surface area contributed by atoms with Crippen molar-refractivity contribution in [3.05, 3.63) is 112 Å². The Balaban J connectivity index is 1.60. The number of nitrogens with zero attached hydrogens (tertiary/aromatic N) is 3. The molecule has 0 radical (unpaired) electrons. The highest BCUT2D eigenvalue weighted by molar-refractivity contribution is 7.98. The van der Waals surface area contributed by atoms with Crippen molar-refractivity contribution in [3.63, 3.8) is 0 Å². The maximum atomic E-state index is 13.9. The highest BCUT2D eigenvalue weighted by Gasteiger charge is 2.36. The van der Waals surface area contributed by atoms with Crippen molar-refractivity contribution < 1.29 is 37.3 Å². The van der Waals surface area contributed by atoms with Crippen molar-refractivity contribution in [2.24, 2.45) is 0 Å². The Morgan fingerprint density at radius 2 is 1.82 bits per heavy atom. The quantitative estimate of drug-likeness (QED) is 0.155. The molecule has 0 aliphatic heterocycles. The van der Waals surface area contributed by atoms with Crippen molar-refractivity contribution >= 4 is 29.3 Å². The van der Waals surface area contributed by atoms with Gasteiger partial charge in [0.25, 0.3) is 10.9 Å². The molecule has 4 rings (SSSR count). The van der Waals surface area contributed by atoms with E-state index in [0.717, 1.165) is 34.4 Å². The Kier molecular flexibility index (Phi) is 8.29. The smallest absolute Gasteiger partial charge is 0.421 e. The summed E-state index contributed by atoms with van der Waals surface area (Å²) >= 11 is 1.04. The molecule has 4 aromatic rings. The summed E-state index contributed by atoms with van der Waals surface area (Å²) in [5.74, 6) is -2.82. The molecule has 206 valence electrons. The van der Waals surface area contributed by atoms with E-state index in [1.165, 1.54) is 37.6 Å². The third-order valence-electron chi connectivity index (χ3n) is 5.77. The van der Waals surface area contributed by atoms with Gasteiger partial charge in [0.05, 0.1) is 11.3 Å². The van der Waals surface area contributed by atoms with Gasteiger partial charge < -0.3 is 20.0 Å². The fraction of sp³-hybridized carbons (Fsp3) is 0.143. The number of carbonyl (C=O) groups excluding carboxylic acids is 1. The first-order valence-corrected chi connectivity index (χ1v) is 12.7. The molecule has 2 aromatic heterocycles. The number of amides is 1. The number of anilines is 1. The summed E-state index contributed by atoms with van der Waals surface area (Å²) in [5.41, 5.74) is -0.0153. The van der Waals surface area contributed by atoms with Gasteiger partial charge in [-0.1, -0.05) is 29.5 Å². The number of benzene rings is 2. The number of alkyl halides is 3. The number of aryl methyl sites for hydroxylation is 1. The average molecular weight is 570 g/mol. The van der Waals surface area contributed by atoms with Crippen molar-refractivity contribution in [1.82, 2.24) is 4.98 Å².